The second kappa shape index (κ2) is 10.3. The molecule has 1 fully saturated rings. The normalized spacial score (nSPS) is 13.8. The van der Waals surface area contributed by atoms with Crippen LogP contribution in [0.2, 0.25) is 0 Å². The first kappa shape index (κ1) is 22.6. The van der Waals surface area contributed by atoms with Crippen molar-refractivity contribution in [2.45, 2.75) is 26.3 Å². The van der Waals surface area contributed by atoms with Gasteiger partial charge in [-0.15, -0.1) is 0 Å². The Hall–Kier alpha value is -3.64. The number of anilines is 2. The Morgan fingerprint density at radius 2 is 1.70 bits per heavy atom. The Bertz CT molecular complexity index is 1110. The average Bonchev–Trinajstić information content (AvgIpc) is 2.83. The number of nitrogens with zero attached hydrogens (tertiary/aromatic N) is 2. The molecular formula is C27H29N3O3. The minimum atomic E-state index is -0.206. The highest BCUT2D eigenvalue weighted by molar-refractivity contribution is 6.04. The van der Waals surface area contributed by atoms with Crippen molar-refractivity contribution in [3.05, 3.63) is 95.1 Å². The lowest BCUT2D eigenvalue weighted by atomic mass is 10.1. The molecule has 3 aromatic carbocycles. The molecule has 170 valence electrons. The highest BCUT2D eigenvalue weighted by Crippen LogP contribution is 2.23. The second-order valence-corrected chi connectivity index (χ2v) is 8.31. The number of carbonyl (C=O) groups is 2. The van der Waals surface area contributed by atoms with Crippen LogP contribution in [0.3, 0.4) is 0 Å². The van der Waals surface area contributed by atoms with E-state index in [9.17, 15) is 9.59 Å². The zero-order chi connectivity index (χ0) is 23.2. The number of amides is 3. The van der Waals surface area contributed by atoms with Gasteiger partial charge in [-0.2, -0.15) is 0 Å². The number of aliphatic hydroxyl groups excluding tert-OH is 1. The van der Waals surface area contributed by atoms with Crippen LogP contribution in [0.25, 0.3) is 0 Å². The summed E-state index contributed by atoms with van der Waals surface area (Å²) in [5.41, 5.74) is 5.37. The van der Waals surface area contributed by atoms with Crippen LogP contribution in [0, 0.1) is 6.92 Å². The van der Waals surface area contributed by atoms with Crippen LogP contribution in [0.1, 0.15) is 33.5 Å². The van der Waals surface area contributed by atoms with Crippen molar-refractivity contribution in [2.75, 3.05) is 29.9 Å². The van der Waals surface area contributed by atoms with Crippen LogP contribution < -0.4 is 10.2 Å². The zero-order valence-corrected chi connectivity index (χ0v) is 18.8. The summed E-state index contributed by atoms with van der Waals surface area (Å²) in [6.45, 7) is 4.16. The number of carbonyl (C=O) groups excluding carboxylic acids is 2. The summed E-state index contributed by atoms with van der Waals surface area (Å²) in [6.07, 6.45) is 1.49. The Labute approximate surface area is 194 Å². The van der Waals surface area contributed by atoms with Crippen molar-refractivity contribution in [1.29, 1.82) is 0 Å². The van der Waals surface area contributed by atoms with E-state index in [1.807, 2.05) is 53.4 Å². The van der Waals surface area contributed by atoms with Gasteiger partial charge in [0, 0.05) is 43.2 Å². The van der Waals surface area contributed by atoms with Gasteiger partial charge in [0.2, 0.25) is 0 Å². The van der Waals surface area contributed by atoms with E-state index >= 15 is 0 Å². The summed E-state index contributed by atoms with van der Waals surface area (Å²) in [5, 5.41) is 11.9. The molecule has 0 atom stereocenters. The predicted molar refractivity (Wildman–Crippen MR) is 131 cm³/mol. The second-order valence-electron chi connectivity index (χ2n) is 8.31. The van der Waals surface area contributed by atoms with Gasteiger partial charge in [-0.05, 0) is 72.9 Å². The van der Waals surface area contributed by atoms with Crippen LogP contribution in [0.4, 0.5) is 16.2 Å². The largest absolute Gasteiger partial charge is 0.396 e. The first-order valence-electron chi connectivity index (χ1n) is 11.3. The Morgan fingerprint density at radius 1 is 0.970 bits per heavy atom. The van der Waals surface area contributed by atoms with E-state index in [1.54, 1.807) is 17.0 Å². The van der Waals surface area contributed by atoms with Gasteiger partial charge in [0.05, 0.1) is 0 Å². The van der Waals surface area contributed by atoms with Gasteiger partial charge in [0.15, 0.2) is 0 Å². The van der Waals surface area contributed by atoms with Crippen molar-refractivity contribution >= 4 is 23.3 Å². The first-order chi connectivity index (χ1) is 16.0. The molecule has 0 spiro atoms. The molecular weight excluding hydrogens is 414 g/mol. The number of hydrogen-bond donors (Lipinski definition) is 2. The summed E-state index contributed by atoms with van der Waals surface area (Å²) in [4.78, 5) is 29.4. The maximum atomic E-state index is 13.1. The summed E-state index contributed by atoms with van der Waals surface area (Å²) in [6, 6.07) is 22.7. The highest BCUT2D eigenvalue weighted by atomic mass is 16.3. The summed E-state index contributed by atoms with van der Waals surface area (Å²) in [7, 11) is 0. The molecule has 0 saturated carbocycles. The molecule has 3 aromatic rings. The fraction of sp³-hybridized carbons (Fsp3) is 0.259. The number of hydrogen-bond acceptors (Lipinski definition) is 3. The molecule has 0 aliphatic carbocycles. The standard InChI is InChI=1S/C27H29N3O3/c1-20-5-2-3-6-23(20)19-29-16-4-17-30(27(29)33)25-13-9-22(10-14-25)26(32)28-24-11-7-21(8-12-24)15-18-31/h2-3,5-14,31H,4,15-19H2,1H3,(H,28,32). The van der Waals surface area contributed by atoms with Crippen molar-refractivity contribution in [2.24, 2.45) is 0 Å². The first-order valence-corrected chi connectivity index (χ1v) is 11.3. The molecule has 0 aromatic heterocycles. The highest BCUT2D eigenvalue weighted by Gasteiger charge is 2.27. The molecule has 3 amide bonds. The fourth-order valence-electron chi connectivity index (χ4n) is 4.04. The molecule has 1 aliphatic rings. The lowest BCUT2D eigenvalue weighted by Gasteiger charge is -2.36. The fourth-order valence-corrected chi connectivity index (χ4v) is 4.04. The van der Waals surface area contributed by atoms with Crippen LogP contribution in [0.15, 0.2) is 72.8 Å². The van der Waals surface area contributed by atoms with Crippen molar-refractivity contribution in [3.8, 4) is 0 Å². The minimum absolute atomic E-state index is 0.00956. The molecule has 0 radical (unpaired) electrons. The van der Waals surface area contributed by atoms with Crippen molar-refractivity contribution < 1.29 is 14.7 Å². The molecule has 1 aliphatic heterocycles. The average molecular weight is 444 g/mol. The molecule has 33 heavy (non-hydrogen) atoms. The Balaban J connectivity index is 1.41. The van der Waals surface area contributed by atoms with Gasteiger partial charge in [-0.25, -0.2) is 4.79 Å². The Morgan fingerprint density at radius 3 is 2.39 bits per heavy atom. The molecule has 4 rings (SSSR count). The Kier molecular flexibility index (Phi) is 7.05. The predicted octanol–water partition coefficient (Wildman–Crippen LogP) is 4.61. The quantitative estimate of drug-likeness (QED) is 0.560. The van der Waals surface area contributed by atoms with E-state index < -0.39 is 0 Å². The summed E-state index contributed by atoms with van der Waals surface area (Å²) < 4.78 is 0. The van der Waals surface area contributed by atoms with Gasteiger partial charge in [0.25, 0.3) is 5.91 Å². The number of rotatable bonds is 7. The van der Waals surface area contributed by atoms with E-state index in [1.165, 1.54) is 5.56 Å². The SMILES string of the molecule is Cc1ccccc1CN1CCCN(c2ccc(C(=O)Nc3ccc(CCO)cc3)cc2)C1=O. The van der Waals surface area contributed by atoms with E-state index in [0.717, 1.165) is 29.8 Å². The van der Waals surface area contributed by atoms with E-state index in [-0.39, 0.29) is 18.5 Å². The number of aliphatic hydroxyl groups is 1. The van der Waals surface area contributed by atoms with Crippen LogP contribution in [-0.2, 0) is 13.0 Å². The van der Waals surface area contributed by atoms with Crippen molar-refractivity contribution in [3.63, 3.8) is 0 Å². The molecule has 6 heteroatoms. The van der Waals surface area contributed by atoms with Crippen LogP contribution in [0.5, 0.6) is 0 Å². The molecule has 0 unspecified atom stereocenters. The number of benzene rings is 3. The van der Waals surface area contributed by atoms with E-state index in [2.05, 4.69) is 24.4 Å². The van der Waals surface area contributed by atoms with Crippen LogP contribution in [-0.4, -0.2) is 41.6 Å². The summed E-state index contributed by atoms with van der Waals surface area (Å²) in [5.74, 6) is -0.206. The smallest absolute Gasteiger partial charge is 0.324 e. The maximum absolute atomic E-state index is 13.1. The van der Waals surface area contributed by atoms with E-state index in [4.69, 9.17) is 5.11 Å². The number of urea groups is 1. The third-order valence-electron chi connectivity index (χ3n) is 5.99. The third-order valence-corrected chi connectivity index (χ3v) is 5.99. The molecule has 1 saturated heterocycles. The van der Waals surface area contributed by atoms with Gasteiger partial charge >= 0.3 is 6.03 Å². The van der Waals surface area contributed by atoms with E-state index in [0.29, 0.717) is 30.8 Å². The molecule has 0 bridgehead atoms. The monoisotopic (exact) mass is 443 g/mol. The molecule has 1 heterocycles. The van der Waals surface area contributed by atoms with Gasteiger partial charge in [-0.1, -0.05) is 36.4 Å². The number of aryl methyl sites for hydroxylation is 1. The number of nitrogens with one attached hydrogen (secondary N) is 1. The van der Waals surface area contributed by atoms with Gasteiger partial charge in [-0.3, -0.25) is 9.69 Å². The molecule has 6 nitrogen and oxygen atoms in total. The lowest BCUT2D eigenvalue weighted by molar-refractivity contribution is 0.102. The van der Waals surface area contributed by atoms with Gasteiger partial charge in [0.1, 0.15) is 0 Å². The topological polar surface area (TPSA) is 72.9 Å². The summed E-state index contributed by atoms with van der Waals surface area (Å²) >= 11 is 0. The maximum Gasteiger partial charge on any atom is 0.324 e. The van der Waals surface area contributed by atoms with Crippen LogP contribution >= 0.6 is 0 Å². The van der Waals surface area contributed by atoms with Crippen molar-refractivity contribution in [1.82, 2.24) is 4.90 Å². The molecule has 2 N–H and O–H groups in total. The minimum Gasteiger partial charge on any atom is -0.396 e. The zero-order valence-electron chi connectivity index (χ0n) is 18.8. The van der Waals surface area contributed by atoms with Gasteiger partial charge < -0.3 is 15.3 Å². The third kappa shape index (κ3) is 5.41. The lowest BCUT2D eigenvalue weighted by Crippen LogP contribution is -2.49.